The molecule has 1 aliphatic heterocycles. The van der Waals surface area contributed by atoms with Crippen LogP contribution in [0.2, 0.25) is 0 Å². The fraction of sp³-hybridized carbons (Fsp3) is 0.212. The predicted molar refractivity (Wildman–Crippen MR) is 161 cm³/mol. The lowest BCUT2D eigenvalue weighted by molar-refractivity contribution is 0.260. The maximum Gasteiger partial charge on any atom is 0.151 e. The molecule has 212 valence electrons. The van der Waals surface area contributed by atoms with Crippen molar-refractivity contribution in [3.63, 3.8) is 0 Å². The van der Waals surface area contributed by atoms with Crippen molar-refractivity contribution in [2.75, 3.05) is 10.6 Å². The Bertz CT molecular complexity index is 1870. The first-order valence-corrected chi connectivity index (χ1v) is 14.0. The highest BCUT2D eigenvalue weighted by atomic mass is 19.1. The van der Waals surface area contributed by atoms with Crippen LogP contribution >= 0.6 is 0 Å². The average molecular weight is 571 g/mol. The van der Waals surface area contributed by atoms with E-state index in [1.54, 1.807) is 30.3 Å². The summed E-state index contributed by atoms with van der Waals surface area (Å²) in [5, 5.41) is 37.7. The van der Waals surface area contributed by atoms with Crippen molar-refractivity contribution in [3.8, 4) is 18.2 Å². The number of hydrogen-bond donors (Lipinski definition) is 4. The maximum atomic E-state index is 15.8. The molecule has 1 unspecified atom stereocenters. The van der Waals surface area contributed by atoms with E-state index in [-0.39, 0.29) is 29.2 Å². The van der Waals surface area contributed by atoms with Gasteiger partial charge in [-0.1, -0.05) is 42.5 Å². The monoisotopic (exact) mass is 570 g/mol. The normalized spacial score (nSPS) is 16.5. The van der Waals surface area contributed by atoms with Crippen molar-refractivity contribution in [3.05, 3.63) is 113 Å². The summed E-state index contributed by atoms with van der Waals surface area (Å²) in [6, 6.07) is 24.0. The summed E-state index contributed by atoms with van der Waals surface area (Å²) >= 11 is 0. The van der Waals surface area contributed by atoms with Gasteiger partial charge in [-0.25, -0.2) is 4.39 Å². The molecule has 1 aliphatic carbocycles. The van der Waals surface area contributed by atoms with Crippen LogP contribution in [0.4, 0.5) is 15.8 Å². The third kappa shape index (κ3) is 5.90. The number of fused-ring (bicyclic) bond motifs is 1. The number of hydrazine groups is 2. The number of nitrogens with zero attached hydrogens (tertiary/aromatic N) is 5. The first kappa shape index (κ1) is 26.3. The van der Waals surface area contributed by atoms with Crippen molar-refractivity contribution < 1.29 is 5.76 Å². The van der Waals surface area contributed by atoms with Crippen molar-refractivity contribution in [2.45, 2.75) is 43.8 Å². The quantitative estimate of drug-likeness (QED) is 0.179. The van der Waals surface area contributed by atoms with Crippen LogP contribution in [-0.4, -0.2) is 16.0 Å². The molecular weight excluding hydrogens is 541 g/mol. The SMILES string of the molecule is [2H][C@](Nc1cc(F)c2ncc(C#N)c(NC(CCC#N)c3ccccc3)c2c1)(C1=CN(C2CC2)NN1)c1cccc(C#N)c1. The van der Waals surface area contributed by atoms with Crippen LogP contribution < -0.4 is 21.6 Å². The molecule has 3 aromatic carbocycles. The Labute approximate surface area is 250 Å². The summed E-state index contributed by atoms with van der Waals surface area (Å²) in [4.78, 5) is 4.25. The Morgan fingerprint density at radius 2 is 1.84 bits per heavy atom. The molecule has 1 fully saturated rings. The molecule has 1 saturated carbocycles. The van der Waals surface area contributed by atoms with Gasteiger partial charge in [0, 0.05) is 35.9 Å². The lowest BCUT2D eigenvalue weighted by Crippen LogP contribution is -2.38. The first-order chi connectivity index (χ1) is 21.4. The average Bonchev–Trinajstić information content (AvgIpc) is 3.78. The highest BCUT2D eigenvalue weighted by Crippen LogP contribution is 2.36. The minimum absolute atomic E-state index is 0.0611. The molecule has 2 heterocycles. The molecule has 4 aromatic rings. The standard InChI is InChI=1S/C33H28FN9/c34-28-16-25(39-32(23-9-4-6-21(14-23)17-36)30-20-43(42-41-30)26-11-12-26)15-27-31(24(18-37)19-38-33(27)28)40-29(10-5-13-35)22-7-2-1-3-8-22/h1-4,6-9,14-16,19-20,26,29,32,39,41-42H,5,10-12H2,(H,38,40)/t29?,32-/m1/s1/i32D. The second kappa shape index (κ2) is 12.1. The number of pyridine rings is 1. The van der Waals surface area contributed by atoms with Crippen LogP contribution in [0, 0.1) is 39.8 Å². The molecule has 4 N–H and O–H groups in total. The molecule has 2 aliphatic rings. The van der Waals surface area contributed by atoms with Gasteiger partial charge in [0.25, 0.3) is 0 Å². The van der Waals surface area contributed by atoms with E-state index in [1.165, 1.54) is 12.3 Å². The molecular formula is C33H28FN9. The maximum absolute atomic E-state index is 15.8. The number of hydrogen-bond acceptors (Lipinski definition) is 9. The Kier molecular flexibility index (Phi) is 7.38. The van der Waals surface area contributed by atoms with E-state index >= 15 is 4.39 Å². The van der Waals surface area contributed by atoms with Crippen LogP contribution in [0.1, 0.15) is 61.4 Å². The number of aromatic nitrogens is 1. The number of benzene rings is 3. The van der Waals surface area contributed by atoms with Crippen LogP contribution in [0.25, 0.3) is 10.9 Å². The molecule has 9 nitrogen and oxygen atoms in total. The number of anilines is 2. The lowest BCUT2D eigenvalue weighted by Gasteiger charge is -2.24. The largest absolute Gasteiger partial charge is 0.377 e. The van der Waals surface area contributed by atoms with Gasteiger partial charge in [-0.2, -0.15) is 15.8 Å². The summed E-state index contributed by atoms with van der Waals surface area (Å²) in [5.41, 5.74) is 9.34. The smallest absolute Gasteiger partial charge is 0.151 e. The predicted octanol–water partition coefficient (Wildman–Crippen LogP) is 6.06. The van der Waals surface area contributed by atoms with Gasteiger partial charge in [0.1, 0.15) is 11.6 Å². The van der Waals surface area contributed by atoms with Gasteiger partial charge >= 0.3 is 0 Å². The van der Waals surface area contributed by atoms with Gasteiger partial charge in [-0.3, -0.25) is 9.99 Å². The van der Waals surface area contributed by atoms with Crippen LogP contribution in [0.5, 0.6) is 0 Å². The summed E-state index contributed by atoms with van der Waals surface area (Å²) < 4.78 is 25.4. The topological polar surface area (TPSA) is 136 Å². The zero-order valence-electron chi connectivity index (χ0n) is 24.1. The fourth-order valence-electron chi connectivity index (χ4n) is 5.15. The molecule has 0 radical (unpaired) electrons. The van der Waals surface area contributed by atoms with Gasteiger partial charge in [0.15, 0.2) is 5.82 Å². The summed E-state index contributed by atoms with van der Waals surface area (Å²) in [6.45, 7) is 0. The molecule has 10 heteroatoms. The van der Waals surface area contributed by atoms with E-state index in [0.29, 0.717) is 40.4 Å². The van der Waals surface area contributed by atoms with E-state index in [4.69, 9.17) is 0 Å². The summed E-state index contributed by atoms with van der Waals surface area (Å²) in [7, 11) is 0. The Hall–Kier alpha value is -5.63. The number of nitrogens with one attached hydrogen (secondary N) is 4. The van der Waals surface area contributed by atoms with Gasteiger partial charge in [-0.15, -0.1) is 5.53 Å². The second-order valence-corrected chi connectivity index (χ2v) is 10.4. The van der Waals surface area contributed by atoms with Gasteiger partial charge < -0.3 is 16.1 Å². The highest BCUT2D eigenvalue weighted by molar-refractivity contribution is 5.96. The Morgan fingerprint density at radius 3 is 2.58 bits per heavy atom. The zero-order valence-corrected chi connectivity index (χ0v) is 23.1. The third-order valence-electron chi connectivity index (χ3n) is 7.46. The summed E-state index contributed by atoms with van der Waals surface area (Å²) in [5.74, 6) is -0.634. The van der Waals surface area contributed by atoms with E-state index in [1.807, 2.05) is 41.5 Å². The van der Waals surface area contributed by atoms with Crippen molar-refractivity contribution in [2.24, 2.45) is 0 Å². The minimum atomic E-state index is -1.66. The summed E-state index contributed by atoms with van der Waals surface area (Å²) in [6.07, 6.45) is 5.94. The molecule has 0 amide bonds. The zero-order chi connectivity index (χ0) is 30.7. The van der Waals surface area contributed by atoms with Crippen molar-refractivity contribution in [1.29, 1.82) is 15.8 Å². The molecule has 1 aromatic heterocycles. The van der Waals surface area contributed by atoms with E-state index in [2.05, 4.69) is 44.8 Å². The number of halogens is 1. The third-order valence-corrected chi connectivity index (χ3v) is 7.46. The Balaban J connectivity index is 1.45. The minimum Gasteiger partial charge on any atom is -0.377 e. The highest BCUT2D eigenvalue weighted by Gasteiger charge is 2.32. The molecule has 6 rings (SSSR count). The molecule has 43 heavy (non-hydrogen) atoms. The van der Waals surface area contributed by atoms with E-state index in [0.717, 1.165) is 18.4 Å². The second-order valence-electron chi connectivity index (χ2n) is 10.4. The van der Waals surface area contributed by atoms with E-state index < -0.39 is 11.8 Å². The van der Waals surface area contributed by atoms with Crippen LogP contribution in [-0.2, 0) is 0 Å². The molecule has 0 bridgehead atoms. The van der Waals surface area contributed by atoms with Gasteiger partial charge in [0.2, 0.25) is 0 Å². The number of nitriles is 3. The fourth-order valence-corrected chi connectivity index (χ4v) is 5.15. The first-order valence-electron chi connectivity index (χ1n) is 14.5. The molecule has 2 atom stereocenters. The van der Waals surface area contributed by atoms with E-state index in [9.17, 15) is 17.2 Å². The van der Waals surface area contributed by atoms with Crippen LogP contribution in [0.3, 0.4) is 0 Å². The van der Waals surface area contributed by atoms with Crippen molar-refractivity contribution in [1.82, 2.24) is 21.0 Å². The van der Waals surface area contributed by atoms with Crippen molar-refractivity contribution >= 4 is 22.3 Å². The molecule has 0 spiro atoms. The van der Waals surface area contributed by atoms with Gasteiger partial charge in [0.05, 0.1) is 48.1 Å². The lowest BCUT2D eigenvalue weighted by atomic mass is 9.99. The van der Waals surface area contributed by atoms with Gasteiger partial charge in [-0.05, 0) is 54.7 Å². The number of rotatable bonds is 10. The molecule has 0 saturated heterocycles. The van der Waals surface area contributed by atoms with Crippen LogP contribution in [0.15, 0.2) is 84.8 Å². The Morgan fingerprint density at radius 1 is 1.02 bits per heavy atom.